The summed E-state index contributed by atoms with van der Waals surface area (Å²) in [5.74, 6) is -0.319. The van der Waals surface area contributed by atoms with Crippen molar-refractivity contribution in [1.82, 2.24) is 0 Å². The van der Waals surface area contributed by atoms with Crippen molar-refractivity contribution < 1.29 is 34.0 Å². The molecule has 0 radical (unpaired) electrons. The molecule has 0 unspecified atom stereocenters. The monoisotopic (exact) mass is 486 g/mol. The van der Waals surface area contributed by atoms with Crippen LogP contribution < -0.4 is 4.74 Å². The molecule has 1 saturated heterocycles. The zero-order valence-corrected chi connectivity index (χ0v) is 21.6. The number of benzene rings is 1. The van der Waals surface area contributed by atoms with Gasteiger partial charge in [-0.05, 0) is 58.9 Å². The highest BCUT2D eigenvalue weighted by molar-refractivity contribution is 6.09. The number of hydrogen-bond acceptors (Lipinski definition) is 7. The van der Waals surface area contributed by atoms with E-state index >= 15 is 0 Å². The molecule has 2 aromatic rings. The molecule has 7 nitrogen and oxygen atoms in total. The van der Waals surface area contributed by atoms with Gasteiger partial charge in [0.15, 0.2) is 17.1 Å². The molecule has 3 N–H and O–H groups in total. The van der Waals surface area contributed by atoms with Crippen LogP contribution in [0.2, 0.25) is 0 Å². The van der Waals surface area contributed by atoms with Gasteiger partial charge in [0.05, 0.1) is 35.0 Å². The minimum Gasteiger partial charge on any atom is -0.507 e. The Morgan fingerprint density at radius 1 is 1.26 bits per heavy atom. The minimum absolute atomic E-state index is 0.0419. The molecule has 5 rings (SSSR count). The summed E-state index contributed by atoms with van der Waals surface area (Å²) in [5, 5.41) is 33.9. The van der Waals surface area contributed by atoms with E-state index in [0.29, 0.717) is 47.1 Å². The molecule has 1 aromatic carbocycles. The van der Waals surface area contributed by atoms with Gasteiger partial charge in [-0.1, -0.05) is 20.8 Å². The fourth-order valence-corrected chi connectivity index (χ4v) is 6.95. The van der Waals surface area contributed by atoms with E-state index in [4.69, 9.17) is 13.9 Å². The molecule has 0 bridgehead atoms. The number of rotatable bonds is 4. The normalized spacial score (nSPS) is 35.5. The maximum absolute atomic E-state index is 12.9. The molecule has 0 amide bonds. The fraction of sp³-hybridized carbons (Fsp3) is 0.679. The van der Waals surface area contributed by atoms with E-state index in [9.17, 15) is 20.1 Å². The van der Waals surface area contributed by atoms with Crippen molar-refractivity contribution >= 4 is 16.8 Å². The van der Waals surface area contributed by atoms with Gasteiger partial charge in [-0.25, -0.2) is 0 Å². The van der Waals surface area contributed by atoms with Crippen LogP contribution in [0.3, 0.4) is 0 Å². The third-order valence-corrected chi connectivity index (χ3v) is 9.18. The van der Waals surface area contributed by atoms with Gasteiger partial charge in [-0.2, -0.15) is 0 Å². The summed E-state index contributed by atoms with van der Waals surface area (Å²) < 4.78 is 18.9. The summed E-state index contributed by atoms with van der Waals surface area (Å²) in [6.07, 6.45) is 3.55. The average molecular weight is 487 g/mol. The summed E-state index contributed by atoms with van der Waals surface area (Å²) in [6, 6.07) is 1.52. The van der Waals surface area contributed by atoms with Crippen LogP contribution in [0.5, 0.6) is 11.5 Å². The quantitative estimate of drug-likeness (QED) is 0.504. The van der Waals surface area contributed by atoms with Crippen molar-refractivity contribution in [1.29, 1.82) is 0 Å². The van der Waals surface area contributed by atoms with Crippen LogP contribution in [0.1, 0.15) is 95.7 Å². The molecule has 1 aromatic heterocycles. The van der Waals surface area contributed by atoms with E-state index in [1.54, 1.807) is 13.8 Å². The number of ketones is 1. The van der Waals surface area contributed by atoms with Gasteiger partial charge in [0.2, 0.25) is 0 Å². The van der Waals surface area contributed by atoms with E-state index in [2.05, 4.69) is 6.92 Å². The van der Waals surface area contributed by atoms with E-state index in [-0.39, 0.29) is 35.6 Å². The van der Waals surface area contributed by atoms with Crippen LogP contribution in [-0.2, 0) is 4.74 Å². The number of phenolic OH excluding ortho intramolecular Hbond substituents is 1. The zero-order valence-electron chi connectivity index (χ0n) is 21.6. The standard InChI is InChI=1S/C28H38O7/c1-7-14(2)21(30)16-13-33-23-15(16)12-17(29)20-22(31)25-27(5)10-8-18(26(3,4)32)34-19(27)9-11-28(25,6)35-24(20)23/h12-14,18-19,22,25,29,31-32H,7-11H2,1-6H3/t14-,18+,19+,22+,25+,27-,28+/m0/s1. The summed E-state index contributed by atoms with van der Waals surface area (Å²) in [6.45, 7) is 11.5. The van der Waals surface area contributed by atoms with Crippen molar-refractivity contribution in [3.05, 3.63) is 23.5 Å². The topological polar surface area (TPSA) is 109 Å². The number of hydrogen-bond donors (Lipinski definition) is 3. The van der Waals surface area contributed by atoms with Gasteiger partial charge < -0.3 is 29.2 Å². The molecule has 3 aliphatic rings. The molecular formula is C28H38O7. The number of aromatic hydroxyl groups is 1. The largest absolute Gasteiger partial charge is 0.507 e. The Morgan fingerprint density at radius 3 is 2.63 bits per heavy atom. The lowest BCUT2D eigenvalue weighted by Gasteiger charge is -2.61. The number of furan rings is 1. The van der Waals surface area contributed by atoms with Crippen LogP contribution in [0, 0.1) is 17.3 Å². The number of Topliss-reactive ketones (excluding diaryl/α,β-unsaturated/α-hetero) is 1. The van der Waals surface area contributed by atoms with Gasteiger partial charge in [-0.3, -0.25) is 4.79 Å². The third kappa shape index (κ3) is 3.53. The fourth-order valence-electron chi connectivity index (χ4n) is 6.95. The number of aliphatic hydroxyl groups is 2. The Hall–Kier alpha value is -2.09. The Balaban J connectivity index is 1.58. The zero-order chi connectivity index (χ0) is 25.5. The molecular weight excluding hydrogens is 448 g/mol. The lowest BCUT2D eigenvalue weighted by atomic mass is 9.53. The molecule has 35 heavy (non-hydrogen) atoms. The highest BCUT2D eigenvalue weighted by Crippen LogP contribution is 2.63. The number of phenols is 1. The van der Waals surface area contributed by atoms with E-state index in [1.165, 1.54) is 12.3 Å². The van der Waals surface area contributed by atoms with Gasteiger partial charge in [0.1, 0.15) is 17.6 Å². The minimum atomic E-state index is -0.998. The van der Waals surface area contributed by atoms with Crippen molar-refractivity contribution in [2.75, 3.05) is 0 Å². The predicted molar refractivity (Wildman–Crippen MR) is 131 cm³/mol. The molecule has 3 heterocycles. The third-order valence-electron chi connectivity index (χ3n) is 9.18. The number of carbonyl (C=O) groups excluding carboxylic acids is 1. The summed E-state index contributed by atoms with van der Waals surface area (Å²) in [5.41, 5.74) is -0.942. The van der Waals surface area contributed by atoms with Gasteiger partial charge in [0.25, 0.3) is 0 Å². The lowest BCUT2D eigenvalue weighted by Crippen LogP contribution is -2.64. The van der Waals surface area contributed by atoms with Crippen molar-refractivity contribution in [2.45, 2.75) is 103 Å². The number of fused-ring (bicyclic) bond motifs is 6. The summed E-state index contributed by atoms with van der Waals surface area (Å²) >= 11 is 0. The van der Waals surface area contributed by atoms with Gasteiger partial charge in [0, 0.05) is 22.6 Å². The average Bonchev–Trinajstić information content (AvgIpc) is 3.19. The highest BCUT2D eigenvalue weighted by Gasteiger charge is 2.63. The van der Waals surface area contributed by atoms with Crippen LogP contribution in [0.15, 0.2) is 16.7 Å². The first kappa shape index (κ1) is 24.6. The van der Waals surface area contributed by atoms with Crippen molar-refractivity contribution in [2.24, 2.45) is 17.3 Å². The van der Waals surface area contributed by atoms with Gasteiger partial charge in [-0.15, -0.1) is 0 Å². The lowest BCUT2D eigenvalue weighted by molar-refractivity contribution is -0.256. The second kappa shape index (κ2) is 7.95. The number of ether oxygens (including phenoxy) is 2. The molecule has 1 saturated carbocycles. The Morgan fingerprint density at radius 2 is 1.97 bits per heavy atom. The smallest absolute Gasteiger partial charge is 0.177 e. The first-order valence-electron chi connectivity index (χ1n) is 12.9. The maximum Gasteiger partial charge on any atom is 0.177 e. The molecule has 192 valence electrons. The molecule has 7 heteroatoms. The van der Waals surface area contributed by atoms with Crippen LogP contribution in [0.25, 0.3) is 11.0 Å². The summed E-state index contributed by atoms with van der Waals surface area (Å²) in [4.78, 5) is 12.9. The van der Waals surface area contributed by atoms with Crippen LogP contribution in [0.4, 0.5) is 0 Å². The summed E-state index contributed by atoms with van der Waals surface area (Å²) in [7, 11) is 0. The Bertz CT molecular complexity index is 1160. The van der Waals surface area contributed by atoms with Gasteiger partial charge >= 0.3 is 0 Å². The molecule has 2 fully saturated rings. The first-order chi connectivity index (χ1) is 16.3. The number of aliphatic hydroxyl groups excluding tert-OH is 1. The molecule has 2 aliphatic heterocycles. The maximum atomic E-state index is 12.9. The Labute approximate surface area is 206 Å². The van der Waals surface area contributed by atoms with Crippen molar-refractivity contribution in [3.8, 4) is 11.5 Å². The molecule has 0 spiro atoms. The number of carbonyl (C=O) groups is 1. The van der Waals surface area contributed by atoms with Crippen LogP contribution in [-0.4, -0.2) is 44.5 Å². The van der Waals surface area contributed by atoms with E-state index < -0.39 is 22.7 Å². The molecule has 1 aliphatic carbocycles. The van der Waals surface area contributed by atoms with E-state index in [0.717, 1.165) is 12.8 Å². The predicted octanol–water partition coefficient (Wildman–Crippen LogP) is 5.29. The first-order valence-corrected chi connectivity index (χ1v) is 12.9. The Kier molecular flexibility index (Phi) is 5.59. The molecule has 7 atom stereocenters. The highest BCUT2D eigenvalue weighted by atomic mass is 16.5. The second-order valence-electron chi connectivity index (χ2n) is 12.0. The van der Waals surface area contributed by atoms with Crippen LogP contribution >= 0.6 is 0 Å². The SMILES string of the molecule is CC[C@H](C)C(=O)c1coc2c3c(c(O)cc12)[C@@H](O)[C@@H]1[C@@]2(C)CC[C@H](C(C)(C)O)O[C@@H]2CC[C@@]1(C)O3. The van der Waals surface area contributed by atoms with E-state index in [1.807, 2.05) is 20.8 Å². The van der Waals surface area contributed by atoms with Crippen molar-refractivity contribution in [3.63, 3.8) is 0 Å². The second-order valence-corrected chi connectivity index (χ2v) is 12.0.